The number of ether oxygens (including phenoxy) is 1. The number of nitrogens with one attached hydrogen (secondary N) is 1. The van der Waals surface area contributed by atoms with E-state index in [9.17, 15) is 23.9 Å². The van der Waals surface area contributed by atoms with Gasteiger partial charge in [-0.3, -0.25) is 9.36 Å². The molecule has 11 heteroatoms. The number of anilines is 2. The van der Waals surface area contributed by atoms with E-state index in [0.29, 0.717) is 24.3 Å². The van der Waals surface area contributed by atoms with Gasteiger partial charge in [0.05, 0.1) is 12.0 Å². The van der Waals surface area contributed by atoms with Crippen molar-refractivity contribution in [2.45, 2.75) is 32.9 Å². The van der Waals surface area contributed by atoms with E-state index < -0.39 is 28.7 Å². The van der Waals surface area contributed by atoms with Gasteiger partial charge in [-0.2, -0.15) is 9.37 Å². The number of hydrogen-bond donors (Lipinski definition) is 2. The fourth-order valence-electron chi connectivity index (χ4n) is 3.99. The minimum Gasteiger partial charge on any atom is -0.481 e. The van der Waals surface area contributed by atoms with Crippen molar-refractivity contribution >= 4 is 17.6 Å². The predicted octanol–water partition coefficient (Wildman–Crippen LogP) is 3.70. The molecular weight excluding hydrogens is 493 g/mol. The molecule has 0 bridgehead atoms. The topological polar surface area (TPSA) is 128 Å². The third-order valence-electron chi connectivity index (χ3n) is 6.42. The van der Waals surface area contributed by atoms with Crippen molar-refractivity contribution in [3.8, 4) is 11.5 Å². The predicted molar refractivity (Wildman–Crippen MR) is 136 cm³/mol. The normalized spacial score (nSPS) is 13.6. The van der Waals surface area contributed by atoms with Gasteiger partial charge in [-0.15, -0.1) is 0 Å². The molecule has 0 atom stereocenters. The Labute approximate surface area is 216 Å². The standard InChI is InChI=1S/C27H24FN5O5/c1-17-2-4-18(5-3-17)15-32-24(31-25(36)33(26(32)37)16-27(11-12-27)23(34)35)30-19-6-8-20(9-7-19)38-21-10-13-29-22(28)14-21/h2-10,13-14H,11-12,15-16H2,1H3,(H,34,35)(H,30,31,36). The summed E-state index contributed by atoms with van der Waals surface area (Å²) in [6.07, 6.45) is 2.09. The molecule has 5 rings (SSSR count). The third-order valence-corrected chi connectivity index (χ3v) is 6.42. The van der Waals surface area contributed by atoms with Crippen molar-refractivity contribution in [3.63, 3.8) is 0 Å². The van der Waals surface area contributed by atoms with Gasteiger partial charge in [-0.25, -0.2) is 19.1 Å². The summed E-state index contributed by atoms with van der Waals surface area (Å²) in [6, 6.07) is 16.8. The van der Waals surface area contributed by atoms with Crippen LogP contribution in [0, 0.1) is 18.3 Å². The average molecular weight is 518 g/mol. The van der Waals surface area contributed by atoms with E-state index in [-0.39, 0.29) is 24.8 Å². The van der Waals surface area contributed by atoms with E-state index in [1.165, 1.54) is 16.8 Å². The van der Waals surface area contributed by atoms with Gasteiger partial charge in [0, 0.05) is 24.5 Å². The van der Waals surface area contributed by atoms with E-state index in [0.717, 1.165) is 21.8 Å². The first-order valence-corrected chi connectivity index (χ1v) is 11.9. The number of benzene rings is 2. The van der Waals surface area contributed by atoms with E-state index >= 15 is 0 Å². The number of aryl methyl sites for hydroxylation is 1. The van der Waals surface area contributed by atoms with Crippen LogP contribution in [0.1, 0.15) is 24.0 Å². The number of nitrogens with zero attached hydrogens (tertiary/aromatic N) is 4. The van der Waals surface area contributed by atoms with E-state index in [1.807, 2.05) is 31.2 Å². The van der Waals surface area contributed by atoms with Crippen LogP contribution in [0.5, 0.6) is 11.5 Å². The molecule has 38 heavy (non-hydrogen) atoms. The molecule has 1 aliphatic carbocycles. The molecular formula is C27H24FN5O5. The summed E-state index contributed by atoms with van der Waals surface area (Å²) in [5, 5.41) is 12.6. The Morgan fingerprint density at radius 2 is 1.76 bits per heavy atom. The zero-order chi connectivity index (χ0) is 26.9. The fourth-order valence-corrected chi connectivity index (χ4v) is 3.99. The van der Waals surface area contributed by atoms with Crippen LogP contribution in [-0.4, -0.2) is 30.2 Å². The molecule has 2 N–H and O–H groups in total. The Morgan fingerprint density at radius 3 is 2.39 bits per heavy atom. The van der Waals surface area contributed by atoms with Gasteiger partial charge in [0.2, 0.25) is 11.9 Å². The second-order valence-corrected chi connectivity index (χ2v) is 9.31. The van der Waals surface area contributed by atoms with Gasteiger partial charge >= 0.3 is 17.3 Å². The van der Waals surface area contributed by atoms with Crippen LogP contribution >= 0.6 is 0 Å². The van der Waals surface area contributed by atoms with Crippen LogP contribution in [0.15, 0.2) is 76.4 Å². The molecule has 0 aliphatic heterocycles. The lowest BCUT2D eigenvalue weighted by atomic mass is 10.1. The van der Waals surface area contributed by atoms with Crippen LogP contribution in [0.25, 0.3) is 0 Å². The average Bonchev–Trinajstić information content (AvgIpc) is 3.68. The minimum atomic E-state index is -1.12. The van der Waals surface area contributed by atoms with Crippen molar-refractivity contribution in [1.29, 1.82) is 0 Å². The molecule has 0 amide bonds. The molecule has 0 spiro atoms. The Bertz CT molecular complexity index is 1610. The third kappa shape index (κ3) is 5.31. The first-order chi connectivity index (χ1) is 18.2. The van der Waals surface area contributed by atoms with Crippen LogP contribution < -0.4 is 21.4 Å². The lowest BCUT2D eigenvalue weighted by Crippen LogP contribution is -2.45. The number of halogens is 1. The van der Waals surface area contributed by atoms with Crippen molar-refractivity contribution < 1.29 is 19.0 Å². The first kappa shape index (κ1) is 24.9. The van der Waals surface area contributed by atoms with Gasteiger partial charge in [-0.05, 0) is 55.7 Å². The number of hydrogen-bond acceptors (Lipinski definition) is 7. The van der Waals surface area contributed by atoms with Crippen LogP contribution in [0.3, 0.4) is 0 Å². The molecule has 0 unspecified atom stereocenters. The quantitative estimate of drug-likeness (QED) is 0.322. The number of carboxylic acids is 1. The van der Waals surface area contributed by atoms with Crippen molar-refractivity contribution in [2.24, 2.45) is 5.41 Å². The highest BCUT2D eigenvalue weighted by molar-refractivity contribution is 5.77. The second kappa shape index (κ2) is 9.92. The highest BCUT2D eigenvalue weighted by atomic mass is 19.1. The maximum Gasteiger partial charge on any atom is 0.354 e. The summed E-state index contributed by atoms with van der Waals surface area (Å²) in [4.78, 5) is 45.6. The zero-order valence-corrected chi connectivity index (χ0v) is 20.4. The Balaban J connectivity index is 1.46. The molecule has 1 fully saturated rings. The Hall–Kier alpha value is -4.80. The molecule has 2 aromatic heterocycles. The summed E-state index contributed by atoms with van der Waals surface area (Å²) in [5.41, 5.74) is -0.222. The molecule has 194 valence electrons. The van der Waals surface area contributed by atoms with Gasteiger partial charge < -0.3 is 15.2 Å². The number of carbonyl (C=O) groups is 1. The van der Waals surface area contributed by atoms with Gasteiger partial charge in [-0.1, -0.05) is 29.8 Å². The number of carboxylic acid groups (broad SMARTS) is 1. The fraction of sp³-hybridized carbons (Fsp3) is 0.222. The minimum absolute atomic E-state index is 0.0156. The number of aromatic nitrogens is 4. The Kier molecular flexibility index (Phi) is 6.50. The highest BCUT2D eigenvalue weighted by Gasteiger charge is 2.51. The maximum absolute atomic E-state index is 13.5. The highest BCUT2D eigenvalue weighted by Crippen LogP contribution is 2.46. The monoisotopic (exact) mass is 517 g/mol. The van der Waals surface area contributed by atoms with E-state index in [4.69, 9.17) is 4.74 Å². The van der Waals surface area contributed by atoms with Crippen LogP contribution in [0.2, 0.25) is 0 Å². The second-order valence-electron chi connectivity index (χ2n) is 9.31. The number of rotatable bonds is 9. The summed E-state index contributed by atoms with van der Waals surface area (Å²) in [5.74, 6) is -0.964. The molecule has 2 heterocycles. The van der Waals surface area contributed by atoms with Crippen molar-refractivity contribution in [3.05, 3.63) is 105 Å². The largest absolute Gasteiger partial charge is 0.481 e. The van der Waals surface area contributed by atoms with E-state index in [2.05, 4.69) is 15.3 Å². The van der Waals surface area contributed by atoms with E-state index in [1.54, 1.807) is 24.3 Å². The summed E-state index contributed by atoms with van der Waals surface area (Å²) >= 11 is 0. The lowest BCUT2D eigenvalue weighted by molar-refractivity contribution is -0.144. The summed E-state index contributed by atoms with van der Waals surface area (Å²) in [7, 11) is 0. The van der Waals surface area contributed by atoms with Crippen molar-refractivity contribution in [1.82, 2.24) is 19.1 Å². The van der Waals surface area contributed by atoms with Crippen molar-refractivity contribution in [2.75, 3.05) is 5.32 Å². The summed E-state index contributed by atoms with van der Waals surface area (Å²) in [6.45, 7) is 1.83. The summed E-state index contributed by atoms with van der Waals surface area (Å²) < 4.78 is 21.2. The Morgan fingerprint density at radius 1 is 1.05 bits per heavy atom. The van der Waals surface area contributed by atoms with Crippen LogP contribution in [-0.2, 0) is 17.9 Å². The first-order valence-electron chi connectivity index (χ1n) is 11.9. The van der Waals surface area contributed by atoms with Crippen LogP contribution in [0.4, 0.5) is 16.0 Å². The van der Waals surface area contributed by atoms with Gasteiger partial charge in [0.1, 0.15) is 11.5 Å². The smallest absolute Gasteiger partial charge is 0.354 e. The maximum atomic E-state index is 13.5. The van der Waals surface area contributed by atoms with Gasteiger partial charge in [0.15, 0.2) is 0 Å². The SMILES string of the molecule is Cc1ccc(Cn2c(Nc3ccc(Oc4ccnc(F)c4)cc3)nc(=O)n(CC3(C(=O)O)CC3)c2=O)cc1. The number of pyridine rings is 1. The molecule has 4 aromatic rings. The number of aliphatic carboxylic acids is 1. The zero-order valence-electron chi connectivity index (χ0n) is 20.4. The molecule has 10 nitrogen and oxygen atoms in total. The molecule has 2 aromatic carbocycles. The molecule has 0 radical (unpaired) electrons. The molecule has 0 saturated heterocycles. The molecule has 1 saturated carbocycles. The lowest BCUT2D eigenvalue weighted by Gasteiger charge is -2.17. The molecule has 1 aliphatic rings. The van der Waals surface area contributed by atoms with Gasteiger partial charge in [0.25, 0.3) is 0 Å².